The van der Waals surface area contributed by atoms with Gasteiger partial charge in [-0.3, -0.25) is 19.7 Å². The van der Waals surface area contributed by atoms with E-state index < -0.39 is 5.91 Å². The van der Waals surface area contributed by atoms with Crippen molar-refractivity contribution < 1.29 is 9.59 Å². The minimum atomic E-state index is -0.469. The Morgan fingerprint density at radius 1 is 1.23 bits per heavy atom. The van der Waals surface area contributed by atoms with Crippen molar-refractivity contribution in [1.82, 2.24) is 14.8 Å². The molecule has 0 saturated carbocycles. The Hall–Kier alpha value is -2.87. The molecule has 0 atom stereocenters. The molecule has 3 rings (SSSR count). The molecule has 1 aromatic carbocycles. The summed E-state index contributed by atoms with van der Waals surface area (Å²) in [6, 6.07) is 6.89. The number of aromatic nitrogens is 3. The summed E-state index contributed by atoms with van der Waals surface area (Å²) >= 11 is 1.16. The fourth-order valence-electron chi connectivity index (χ4n) is 2.52. The molecular weight excluding hydrogens is 352 g/mol. The van der Waals surface area contributed by atoms with E-state index in [1.807, 2.05) is 13.8 Å². The normalized spacial score (nSPS) is 11.1. The van der Waals surface area contributed by atoms with Crippen LogP contribution in [0.4, 0.5) is 5.13 Å². The molecule has 0 radical (unpaired) electrons. The number of rotatable bonds is 5. The highest BCUT2D eigenvalue weighted by molar-refractivity contribution is 7.14. The van der Waals surface area contributed by atoms with Gasteiger partial charge in [0.1, 0.15) is 5.69 Å². The van der Waals surface area contributed by atoms with Crippen LogP contribution in [0.25, 0.3) is 10.8 Å². The number of thiazole rings is 1. The SMILES string of the molecule is CC(=O)c1csc(NC(=O)c2nn(CC(C)C)c(=O)c3ccccc23)n1. The summed E-state index contributed by atoms with van der Waals surface area (Å²) in [6.45, 7) is 5.77. The predicted molar refractivity (Wildman–Crippen MR) is 101 cm³/mol. The molecule has 0 aliphatic heterocycles. The molecule has 8 heteroatoms. The number of nitrogens with zero attached hydrogens (tertiary/aromatic N) is 3. The largest absolute Gasteiger partial charge is 0.296 e. The third-order valence-electron chi connectivity index (χ3n) is 3.71. The maximum atomic E-state index is 12.7. The zero-order valence-corrected chi connectivity index (χ0v) is 15.5. The molecule has 0 aliphatic carbocycles. The van der Waals surface area contributed by atoms with Gasteiger partial charge in [-0.1, -0.05) is 32.0 Å². The zero-order chi connectivity index (χ0) is 18.8. The van der Waals surface area contributed by atoms with Crippen molar-refractivity contribution in [3.05, 3.63) is 51.4 Å². The Labute approximate surface area is 153 Å². The number of amides is 1. The maximum Gasteiger partial charge on any atom is 0.278 e. The topological polar surface area (TPSA) is 94.0 Å². The van der Waals surface area contributed by atoms with Gasteiger partial charge < -0.3 is 0 Å². The van der Waals surface area contributed by atoms with Gasteiger partial charge in [-0.2, -0.15) is 5.10 Å². The van der Waals surface area contributed by atoms with Crippen molar-refractivity contribution in [3.8, 4) is 0 Å². The van der Waals surface area contributed by atoms with Crippen LogP contribution >= 0.6 is 11.3 Å². The molecule has 2 aromatic heterocycles. The Morgan fingerprint density at radius 3 is 2.54 bits per heavy atom. The van der Waals surface area contributed by atoms with Crippen LogP contribution in [0.2, 0.25) is 0 Å². The van der Waals surface area contributed by atoms with Crippen LogP contribution in [0.5, 0.6) is 0 Å². The first-order valence-electron chi connectivity index (χ1n) is 8.14. The van der Waals surface area contributed by atoms with E-state index in [2.05, 4.69) is 15.4 Å². The highest BCUT2D eigenvalue weighted by Gasteiger charge is 2.18. The lowest BCUT2D eigenvalue weighted by Crippen LogP contribution is -2.29. The molecule has 7 nitrogen and oxygen atoms in total. The fourth-order valence-corrected chi connectivity index (χ4v) is 3.27. The van der Waals surface area contributed by atoms with Crippen LogP contribution in [-0.2, 0) is 6.54 Å². The number of hydrogen-bond donors (Lipinski definition) is 1. The Bertz CT molecular complexity index is 1050. The smallest absolute Gasteiger partial charge is 0.278 e. The number of ketones is 1. The zero-order valence-electron chi connectivity index (χ0n) is 14.6. The standard InChI is InChI=1S/C18H18N4O3S/c1-10(2)8-22-17(25)13-7-5-4-6-12(13)15(21-22)16(24)20-18-19-14(9-26-18)11(3)23/h4-7,9-10H,8H2,1-3H3,(H,19,20,24). The van der Waals surface area contributed by atoms with Gasteiger partial charge in [-0.15, -0.1) is 11.3 Å². The van der Waals surface area contributed by atoms with Crippen molar-refractivity contribution >= 4 is 38.9 Å². The summed E-state index contributed by atoms with van der Waals surface area (Å²) in [6.07, 6.45) is 0. The van der Waals surface area contributed by atoms with E-state index in [4.69, 9.17) is 0 Å². The minimum Gasteiger partial charge on any atom is -0.296 e. The molecule has 1 N–H and O–H groups in total. The summed E-state index contributed by atoms with van der Waals surface area (Å²) in [5.41, 5.74) is 0.229. The number of fused-ring (bicyclic) bond motifs is 1. The average Bonchev–Trinajstić information content (AvgIpc) is 3.06. The second-order valence-corrected chi connectivity index (χ2v) is 7.18. The van der Waals surface area contributed by atoms with Gasteiger partial charge in [0.05, 0.1) is 5.39 Å². The van der Waals surface area contributed by atoms with E-state index in [0.29, 0.717) is 28.1 Å². The number of carbonyl (C=O) groups is 2. The number of carbonyl (C=O) groups excluding carboxylic acids is 2. The summed E-state index contributed by atoms with van der Waals surface area (Å²) in [4.78, 5) is 40.8. The Balaban J connectivity index is 2.04. The molecule has 0 aliphatic rings. The van der Waals surface area contributed by atoms with Crippen LogP contribution in [0.1, 0.15) is 41.7 Å². The van der Waals surface area contributed by atoms with Crippen molar-refractivity contribution in [3.63, 3.8) is 0 Å². The molecule has 134 valence electrons. The van der Waals surface area contributed by atoms with E-state index in [1.54, 1.807) is 29.6 Å². The van der Waals surface area contributed by atoms with Gasteiger partial charge in [-0.05, 0) is 12.0 Å². The highest BCUT2D eigenvalue weighted by atomic mass is 32.1. The van der Waals surface area contributed by atoms with Crippen LogP contribution in [-0.4, -0.2) is 26.5 Å². The van der Waals surface area contributed by atoms with Crippen molar-refractivity contribution in [1.29, 1.82) is 0 Å². The minimum absolute atomic E-state index is 0.153. The average molecular weight is 370 g/mol. The first kappa shape index (κ1) is 17.9. The number of benzene rings is 1. The van der Waals surface area contributed by atoms with Crippen LogP contribution < -0.4 is 10.9 Å². The van der Waals surface area contributed by atoms with Gasteiger partial charge >= 0.3 is 0 Å². The lowest BCUT2D eigenvalue weighted by atomic mass is 10.1. The highest BCUT2D eigenvalue weighted by Crippen LogP contribution is 2.19. The first-order chi connectivity index (χ1) is 12.4. The van der Waals surface area contributed by atoms with E-state index in [9.17, 15) is 14.4 Å². The van der Waals surface area contributed by atoms with Crippen molar-refractivity contribution in [2.45, 2.75) is 27.3 Å². The number of hydrogen-bond acceptors (Lipinski definition) is 6. The lowest BCUT2D eigenvalue weighted by Gasteiger charge is -2.12. The molecule has 26 heavy (non-hydrogen) atoms. The van der Waals surface area contributed by atoms with Crippen LogP contribution in [0, 0.1) is 5.92 Å². The molecule has 0 spiro atoms. The monoisotopic (exact) mass is 370 g/mol. The first-order valence-corrected chi connectivity index (χ1v) is 9.02. The third-order valence-corrected chi connectivity index (χ3v) is 4.46. The Morgan fingerprint density at radius 2 is 1.92 bits per heavy atom. The van der Waals surface area contributed by atoms with Crippen molar-refractivity contribution in [2.75, 3.05) is 5.32 Å². The predicted octanol–water partition coefficient (Wildman–Crippen LogP) is 2.96. The van der Waals surface area contributed by atoms with E-state index in [0.717, 1.165) is 11.3 Å². The van der Waals surface area contributed by atoms with E-state index in [1.165, 1.54) is 11.6 Å². The van der Waals surface area contributed by atoms with Crippen LogP contribution in [0.15, 0.2) is 34.4 Å². The fraction of sp³-hybridized carbons (Fsp3) is 0.278. The van der Waals surface area contributed by atoms with Gasteiger partial charge in [0, 0.05) is 24.2 Å². The summed E-state index contributed by atoms with van der Waals surface area (Å²) in [5, 5.41) is 9.77. The molecule has 0 saturated heterocycles. The summed E-state index contributed by atoms with van der Waals surface area (Å²) < 4.78 is 1.32. The molecule has 0 unspecified atom stereocenters. The molecule has 0 bridgehead atoms. The third kappa shape index (κ3) is 3.55. The second-order valence-electron chi connectivity index (χ2n) is 6.32. The summed E-state index contributed by atoms with van der Waals surface area (Å²) in [7, 11) is 0. The molecule has 0 fully saturated rings. The second kappa shape index (κ2) is 7.17. The summed E-state index contributed by atoms with van der Waals surface area (Å²) in [5.74, 6) is -0.437. The number of Topliss-reactive ketones (excluding diaryl/α,β-unsaturated/α-hetero) is 1. The van der Waals surface area contributed by atoms with Gasteiger partial charge in [0.15, 0.2) is 16.6 Å². The van der Waals surface area contributed by atoms with Gasteiger partial charge in [-0.25, -0.2) is 9.67 Å². The molecule has 1 amide bonds. The van der Waals surface area contributed by atoms with E-state index in [-0.39, 0.29) is 23.0 Å². The quantitative estimate of drug-likeness (QED) is 0.697. The van der Waals surface area contributed by atoms with Crippen LogP contribution in [0.3, 0.4) is 0 Å². The van der Waals surface area contributed by atoms with Gasteiger partial charge in [0.2, 0.25) is 0 Å². The molecular formula is C18H18N4O3S. The Kier molecular flexibility index (Phi) is 4.94. The molecule has 2 heterocycles. The number of nitrogens with one attached hydrogen (secondary N) is 1. The maximum absolute atomic E-state index is 12.7. The molecule has 3 aromatic rings. The lowest BCUT2D eigenvalue weighted by molar-refractivity contribution is 0.100. The van der Waals surface area contributed by atoms with Gasteiger partial charge in [0.25, 0.3) is 11.5 Å². The van der Waals surface area contributed by atoms with Crippen molar-refractivity contribution in [2.24, 2.45) is 5.92 Å². The number of anilines is 1. The van der Waals surface area contributed by atoms with E-state index >= 15 is 0 Å².